The van der Waals surface area contributed by atoms with Crippen LogP contribution in [-0.4, -0.2) is 27.6 Å². The summed E-state index contributed by atoms with van der Waals surface area (Å²) in [4.78, 5) is 12.3. The molecule has 0 saturated heterocycles. The van der Waals surface area contributed by atoms with Gasteiger partial charge in [0.15, 0.2) is 0 Å². The number of anilines is 2. The zero-order valence-electron chi connectivity index (χ0n) is 12.4. The first-order chi connectivity index (χ1) is 10.7. The fraction of sp³-hybridized carbons (Fsp3) is 0.133. The predicted molar refractivity (Wildman–Crippen MR) is 96.8 cm³/mol. The molecule has 0 aromatic heterocycles. The summed E-state index contributed by atoms with van der Waals surface area (Å²) >= 11 is 9.48. The fourth-order valence-electron chi connectivity index (χ4n) is 1.83. The fourth-order valence-corrected chi connectivity index (χ4v) is 2.97. The number of carbonyl (C=O) groups is 1. The predicted octanol–water partition coefficient (Wildman–Crippen LogP) is 3.75. The van der Waals surface area contributed by atoms with Crippen molar-refractivity contribution in [1.29, 1.82) is 0 Å². The quantitative estimate of drug-likeness (QED) is 0.824. The minimum absolute atomic E-state index is 0.169. The molecule has 122 valence electrons. The van der Waals surface area contributed by atoms with Crippen molar-refractivity contribution in [3.8, 4) is 0 Å². The molecule has 23 heavy (non-hydrogen) atoms. The Labute approximate surface area is 148 Å². The molecule has 1 amide bonds. The van der Waals surface area contributed by atoms with Gasteiger partial charge >= 0.3 is 0 Å². The van der Waals surface area contributed by atoms with Crippen LogP contribution in [0.3, 0.4) is 0 Å². The van der Waals surface area contributed by atoms with Crippen LogP contribution < -0.4 is 9.62 Å². The Morgan fingerprint density at radius 1 is 1.22 bits per heavy atom. The lowest BCUT2D eigenvalue weighted by molar-refractivity contribution is 0.102. The SMILES string of the molecule is CN(c1ccc(C(=O)Nc2ccccc2Br)c(Cl)c1)S(C)(=O)=O. The van der Waals surface area contributed by atoms with Crippen LogP contribution in [0.2, 0.25) is 5.02 Å². The molecule has 2 rings (SSSR count). The van der Waals surface area contributed by atoms with E-state index >= 15 is 0 Å². The number of halogens is 2. The number of nitrogens with one attached hydrogen (secondary N) is 1. The van der Waals surface area contributed by atoms with Crippen LogP contribution in [0.15, 0.2) is 46.9 Å². The van der Waals surface area contributed by atoms with E-state index in [1.165, 1.54) is 25.2 Å². The molecule has 2 aromatic carbocycles. The van der Waals surface area contributed by atoms with Gasteiger partial charge in [0, 0.05) is 11.5 Å². The van der Waals surface area contributed by atoms with Gasteiger partial charge < -0.3 is 5.32 Å². The van der Waals surface area contributed by atoms with Gasteiger partial charge in [-0.1, -0.05) is 23.7 Å². The number of carbonyl (C=O) groups excluding carboxylic acids is 1. The van der Waals surface area contributed by atoms with Crippen LogP contribution in [0.4, 0.5) is 11.4 Å². The van der Waals surface area contributed by atoms with Crippen LogP contribution in [0.1, 0.15) is 10.4 Å². The number of para-hydroxylation sites is 1. The lowest BCUT2D eigenvalue weighted by atomic mass is 10.2. The summed E-state index contributed by atoms with van der Waals surface area (Å²) in [7, 11) is -1.97. The summed E-state index contributed by atoms with van der Waals surface area (Å²) in [5.41, 5.74) is 1.26. The molecular weight excluding hydrogens is 404 g/mol. The summed E-state index contributed by atoms with van der Waals surface area (Å²) in [6.45, 7) is 0. The van der Waals surface area contributed by atoms with Crippen LogP contribution in [0.5, 0.6) is 0 Å². The third-order valence-electron chi connectivity index (χ3n) is 3.18. The second-order valence-corrected chi connectivity index (χ2v) is 8.10. The number of amides is 1. The van der Waals surface area contributed by atoms with Crippen molar-refractivity contribution in [2.45, 2.75) is 0 Å². The van der Waals surface area contributed by atoms with E-state index in [0.29, 0.717) is 11.4 Å². The molecule has 0 aliphatic heterocycles. The van der Waals surface area contributed by atoms with Gasteiger partial charge in [0.25, 0.3) is 5.91 Å². The Hall–Kier alpha value is -1.57. The molecule has 0 unspecified atom stereocenters. The number of hydrogen-bond acceptors (Lipinski definition) is 3. The summed E-state index contributed by atoms with van der Waals surface area (Å²) in [5.74, 6) is -0.379. The highest BCUT2D eigenvalue weighted by molar-refractivity contribution is 9.10. The van der Waals surface area contributed by atoms with Crippen molar-refractivity contribution in [3.05, 3.63) is 57.5 Å². The molecular formula is C15H14BrClN2O3S. The minimum Gasteiger partial charge on any atom is -0.321 e. The highest BCUT2D eigenvalue weighted by Gasteiger charge is 2.16. The third kappa shape index (κ3) is 4.25. The Morgan fingerprint density at radius 3 is 2.43 bits per heavy atom. The summed E-state index contributed by atoms with van der Waals surface area (Å²) in [6, 6.07) is 11.7. The van der Waals surface area contributed by atoms with Crippen LogP contribution in [-0.2, 0) is 10.0 Å². The van der Waals surface area contributed by atoms with E-state index < -0.39 is 10.0 Å². The van der Waals surface area contributed by atoms with Gasteiger partial charge in [-0.15, -0.1) is 0 Å². The molecule has 5 nitrogen and oxygen atoms in total. The number of nitrogens with zero attached hydrogens (tertiary/aromatic N) is 1. The topological polar surface area (TPSA) is 66.5 Å². The molecule has 0 radical (unpaired) electrons. The molecule has 0 aliphatic rings. The van der Waals surface area contributed by atoms with Crippen molar-refractivity contribution in [2.24, 2.45) is 0 Å². The van der Waals surface area contributed by atoms with E-state index in [0.717, 1.165) is 15.0 Å². The first-order valence-corrected chi connectivity index (χ1v) is 9.51. The molecule has 0 fully saturated rings. The van der Waals surface area contributed by atoms with Gasteiger partial charge in [0.05, 0.1) is 28.2 Å². The summed E-state index contributed by atoms with van der Waals surface area (Å²) in [5, 5.41) is 2.91. The van der Waals surface area contributed by atoms with Gasteiger partial charge in [-0.3, -0.25) is 9.10 Å². The molecule has 2 aromatic rings. The Balaban J connectivity index is 2.28. The smallest absolute Gasteiger partial charge is 0.257 e. The highest BCUT2D eigenvalue weighted by Crippen LogP contribution is 2.27. The first-order valence-electron chi connectivity index (χ1n) is 6.49. The Bertz CT molecular complexity index is 856. The average molecular weight is 418 g/mol. The molecule has 0 aliphatic carbocycles. The molecule has 0 heterocycles. The number of benzene rings is 2. The average Bonchev–Trinajstić information content (AvgIpc) is 2.47. The highest BCUT2D eigenvalue weighted by atomic mass is 79.9. The zero-order chi connectivity index (χ0) is 17.2. The lowest BCUT2D eigenvalue weighted by Gasteiger charge is -2.17. The molecule has 8 heteroatoms. The molecule has 1 N–H and O–H groups in total. The molecule has 0 saturated carbocycles. The van der Waals surface area contributed by atoms with E-state index in [4.69, 9.17) is 11.6 Å². The maximum absolute atomic E-state index is 12.3. The Kier molecular flexibility index (Phi) is 5.33. The minimum atomic E-state index is -3.39. The summed E-state index contributed by atoms with van der Waals surface area (Å²) in [6.07, 6.45) is 1.09. The van der Waals surface area contributed by atoms with Gasteiger partial charge in [-0.2, -0.15) is 0 Å². The van der Waals surface area contributed by atoms with Gasteiger partial charge in [-0.05, 0) is 46.3 Å². The van der Waals surface area contributed by atoms with Crippen molar-refractivity contribution < 1.29 is 13.2 Å². The second-order valence-electron chi connectivity index (χ2n) is 4.83. The number of rotatable bonds is 4. The van der Waals surface area contributed by atoms with E-state index in [-0.39, 0.29) is 16.5 Å². The normalized spacial score (nSPS) is 11.1. The van der Waals surface area contributed by atoms with E-state index in [1.54, 1.807) is 18.2 Å². The van der Waals surface area contributed by atoms with E-state index in [2.05, 4.69) is 21.2 Å². The van der Waals surface area contributed by atoms with Crippen molar-refractivity contribution in [2.75, 3.05) is 22.9 Å². The first kappa shape index (κ1) is 17.8. The maximum atomic E-state index is 12.3. The van der Waals surface area contributed by atoms with Crippen molar-refractivity contribution in [3.63, 3.8) is 0 Å². The summed E-state index contributed by atoms with van der Waals surface area (Å²) < 4.78 is 24.9. The number of sulfonamides is 1. The van der Waals surface area contributed by atoms with Crippen LogP contribution in [0, 0.1) is 0 Å². The molecule has 0 spiro atoms. The monoisotopic (exact) mass is 416 g/mol. The van der Waals surface area contributed by atoms with Crippen molar-refractivity contribution >= 4 is 54.8 Å². The van der Waals surface area contributed by atoms with Crippen molar-refractivity contribution in [1.82, 2.24) is 0 Å². The van der Waals surface area contributed by atoms with E-state index in [9.17, 15) is 13.2 Å². The molecule has 0 bridgehead atoms. The number of hydrogen-bond donors (Lipinski definition) is 1. The van der Waals surface area contributed by atoms with Gasteiger partial charge in [-0.25, -0.2) is 8.42 Å². The standard InChI is InChI=1S/C15H14BrClN2O3S/c1-19(23(2,21)22)10-7-8-11(13(17)9-10)15(20)18-14-6-4-3-5-12(14)16/h3-9H,1-2H3,(H,18,20). The Morgan fingerprint density at radius 2 is 1.87 bits per heavy atom. The van der Waals surface area contributed by atoms with Gasteiger partial charge in [0.2, 0.25) is 10.0 Å². The maximum Gasteiger partial charge on any atom is 0.257 e. The van der Waals surface area contributed by atoms with Crippen LogP contribution >= 0.6 is 27.5 Å². The second kappa shape index (κ2) is 6.90. The zero-order valence-corrected chi connectivity index (χ0v) is 15.5. The third-order valence-corrected chi connectivity index (χ3v) is 5.39. The largest absolute Gasteiger partial charge is 0.321 e. The van der Waals surface area contributed by atoms with E-state index in [1.807, 2.05) is 6.07 Å². The lowest BCUT2D eigenvalue weighted by Crippen LogP contribution is -2.25. The van der Waals surface area contributed by atoms with Crippen LogP contribution in [0.25, 0.3) is 0 Å². The van der Waals surface area contributed by atoms with Gasteiger partial charge in [0.1, 0.15) is 0 Å². The molecule has 0 atom stereocenters.